The number of guanidine groups is 1. The topological polar surface area (TPSA) is 147 Å². The molecule has 1 aromatic heterocycles. The van der Waals surface area contributed by atoms with Crippen LogP contribution < -0.4 is 10.1 Å². The second kappa shape index (κ2) is 11.0. The van der Waals surface area contributed by atoms with Gasteiger partial charge in [-0.3, -0.25) is 10.1 Å². The van der Waals surface area contributed by atoms with Crippen LogP contribution in [0.15, 0.2) is 41.5 Å². The van der Waals surface area contributed by atoms with Crippen molar-refractivity contribution in [2.45, 2.75) is 45.3 Å². The predicted molar refractivity (Wildman–Crippen MR) is 137 cm³/mol. The molecule has 0 saturated heterocycles. The molecule has 0 bridgehead atoms. The summed E-state index contributed by atoms with van der Waals surface area (Å²) in [4.78, 5) is 33.6. The summed E-state index contributed by atoms with van der Waals surface area (Å²) in [5.41, 5.74) is -1.92. The molecule has 2 heterocycles. The third-order valence-corrected chi connectivity index (χ3v) is 7.44. The van der Waals surface area contributed by atoms with Crippen LogP contribution in [0.25, 0.3) is 0 Å². The molecule has 11 nitrogen and oxygen atoms in total. The zero-order chi connectivity index (χ0) is 28.3. The molecule has 38 heavy (non-hydrogen) atoms. The van der Waals surface area contributed by atoms with E-state index in [1.807, 2.05) is 0 Å². The normalized spacial score (nSPS) is 18.9. The first-order valence-corrected chi connectivity index (χ1v) is 13.3. The number of Topliss-reactive ketones (excluding diaryl/α,β-unsaturated/α-hetero) is 1. The van der Waals surface area contributed by atoms with Crippen molar-refractivity contribution in [1.29, 1.82) is 0 Å². The van der Waals surface area contributed by atoms with Crippen LogP contribution in [0.4, 0.5) is 9.18 Å². The number of aromatic nitrogens is 1. The number of aliphatic hydroxyl groups excluding tert-OH is 1. The third-order valence-electron chi connectivity index (χ3n) is 5.50. The summed E-state index contributed by atoms with van der Waals surface area (Å²) in [6.45, 7) is 6.32. The zero-order valence-electron chi connectivity index (χ0n) is 21.8. The van der Waals surface area contributed by atoms with Gasteiger partial charge in [-0.1, -0.05) is 6.07 Å². The lowest BCUT2D eigenvalue weighted by Gasteiger charge is -2.36. The predicted octanol–water partition coefficient (Wildman–Crippen LogP) is 2.39. The van der Waals surface area contributed by atoms with Crippen LogP contribution in [0, 0.1) is 5.82 Å². The largest absolute Gasteiger partial charge is 0.490 e. The van der Waals surface area contributed by atoms with Crippen LogP contribution in [-0.2, 0) is 26.7 Å². The summed E-state index contributed by atoms with van der Waals surface area (Å²) < 4.78 is 52.2. The fourth-order valence-electron chi connectivity index (χ4n) is 3.72. The van der Waals surface area contributed by atoms with E-state index < -0.39 is 38.8 Å². The highest BCUT2D eigenvalue weighted by Gasteiger charge is 2.43. The molecule has 0 spiro atoms. The van der Waals surface area contributed by atoms with Gasteiger partial charge in [0, 0.05) is 19.0 Å². The molecule has 3 rings (SSSR count). The molecule has 0 unspecified atom stereocenters. The number of sulfonamides is 1. The van der Waals surface area contributed by atoms with Crippen molar-refractivity contribution in [3.63, 3.8) is 0 Å². The van der Waals surface area contributed by atoms with Crippen molar-refractivity contribution < 1.29 is 37.0 Å². The maximum absolute atomic E-state index is 15.0. The Morgan fingerprint density at radius 2 is 1.95 bits per heavy atom. The molecule has 0 fully saturated rings. The lowest BCUT2D eigenvalue weighted by atomic mass is 9.91. The van der Waals surface area contributed by atoms with Crippen LogP contribution in [-0.4, -0.2) is 72.3 Å². The quantitative estimate of drug-likeness (QED) is 0.500. The van der Waals surface area contributed by atoms with Crippen LogP contribution in [0.3, 0.4) is 0 Å². The van der Waals surface area contributed by atoms with Gasteiger partial charge in [0.05, 0.1) is 18.6 Å². The van der Waals surface area contributed by atoms with E-state index in [0.717, 1.165) is 10.4 Å². The standard InChI is InChI=1S/C25H31FN4O7S/c1-24(2,3)37-23(33)28-22-29-25(4,15-38(34,35)30(22)5)18-12-16(6-8-19(18)26)13-21(32)20-9-7-17(14-27-20)36-11-10-31/h6-9,12,14,31H,10-11,13,15H2,1-5H3,(H,28,29,33)/t25-/m0/s1. The summed E-state index contributed by atoms with van der Waals surface area (Å²) in [5.74, 6) is -1.56. The molecule has 13 heteroatoms. The molecule has 1 aromatic carbocycles. The summed E-state index contributed by atoms with van der Waals surface area (Å²) >= 11 is 0. The number of ether oxygens (including phenoxy) is 2. The molecule has 1 amide bonds. The molecule has 1 aliphatic heterocycles. The number of carbonyl (C=O) groups excluding carboxylic acids is 2. The second-order valence-corrected chi connectivity index (χ2v) is 11.9. The Balaban J connectivity index is 1.89. The Bertz CT molecular complexity index is 1340. The van der Waals surface area contributed by atoms with Gasteiger partial charge in [-0.25, -0.2) is 31.9 Å². The molecule has 0 saturated carbocycles. The fraction of sp³-hybridized carbons (Fsp3) is 0.440. The summed E-state index contributed by atoms with van der Waals surface area (Å²) in [6, 6.07) is 6.98. The second-order valence-electron chi connectivity index (χ2n) is 9.93. The minimum absolute atomic E-state index is 0.0522. The Morgan fingerprint density at radius 3 is 2.55 bits per heavy atom. The molecular formula is C25H31FN4O7S. The Morgan fingerprint density at radius 1 is 1.24 bits per heavy atom. The van der Waals surface area contributed by atoms with Gasteiger partial charge in [-0.15, -0.1) is 0 Å². The van der Waals surface area contributed by atoms with Gasteiger partial charge in [0.15, 0.2) is 5.78 Å². The number of nitrogens with one attached hydrogen (secondary N) is 1. The SMILES string of the molecule is CN1C(NC(=O)OC(C)(C)C)=N[C@](C)(c2cc(CC(=O)c3ccc(OCCO)cn3)ccc2F)CS1(=O)=O. The number of rotatable bonds is 7. The minimum atomic E-state index is -4.00. The van der Waals surface area contributed by atoms with Gasteiger partial charge < -0.3 is 14.6 Å². The number of hydrogen-bond donors (Lipinski definition) is 2. The zero-order valence-corrected chi connectivity index (χ0v) is 22.6. The van der Waals surface area contributed by atoms with Crippen molar-refractivity contribution in [2.24, 2.45) is 4.99 Å². The van der Waals surface area contributed by atoms with E-state index in [0.29, 0.717) is 11.3 Å². The van der Waals surface area contributed by atoms with E-state index in [-0.39, 0.29) is 42.6 Å². The molecule has 0 aliphatic carbocycles. The molecule has 2 N–H and O–H groups in total. The van der Waals surface area contributed by atoms with Crippen LogP contribution in [0.1, 0.15) is 49.3 Å². The molecule has 206 valence electrons. The first kappa shape index (κ1) is 29.0. The Labute approximate surface area is 220 Å². The monoisotopic (exact) mass is 550 g/mol. The summed E-state index contributed by atoms with van der Waals surface area (Å²) in [5, 5.41) is 11.2. The number of amides is 1. The van der Waals surface area contributed by atoms with Gasteiger partial charge in [-0.05, 0) is 57.5 Å². The smallest absolute Gasteiger partial charge is 0.414 e. The summed E-state index contributed by atoms with van der Waals surface area (Å²) in [6.07, 6.45) is 0.312. The van der Waals surface area contributed by atoms with E-state index in [1.54, 1.807) is 26.8 Å². The lowest BCUT2D eigenvalue weighted by Crippen LogP contribution is -2.54. The Hall–Kier alpha value is -3.58. The van der Waals surface area contributed by atoms with Crippen molar-refractivity contribution in [2.75, 3.05) is 26.0 Å². The van der Waals surface area contributed by atoms with E-state index >= 15 is 4.39 Å². The number of hydrogen-bond acceptors (Lipinski definition) is 9. The van der Waals surface area contributed by atoms with Crippen molar-refractivity contribution in [1.82, 2.24) is 14.6 Å². The van der Waals surface area contributed by atoms with Crippen molar-refractivity contribution in [3.8, 4) is 5.75 Å². The van der Waals surface area contributed by atoms with Gasteiger partial charge >= 0.3 is 6.09 Å². The minimum Gasteiger partial charge on any atom is -0.490 e. The average molecular weight is 551 g/mol. The highest BCUT2D eigenvalue weighted by Crippen LogP contribution is 2.34. The molecule has 2 aromatic rings. The number of carbonyl (C=O) groups is 2. The van der Waals surface area contributed by atoms with E-state index in [4.69, 9.17) is 14.6 Å². The summed E-state index contributed by atoms with van der Waals surface area (Å²) in [7, 11) is -2.78. The van der Waals surface area contributed by atoms with Gasteiger partial charge in [0.25, 0.3) is 0 Å². The number of aliphatic hydroxyl groups is 1. The van der Waals surface area contributed by atoms with Gasteiger partial charge in [0.2, 0.25) is 16.0 Å². The number of benzene rings is 1. The molecular weight excluding hydrogens is 519 g/mol. The maximum Gasteiger partial charge on any atom is 0.414 e. The maximum atomic E-state index is 15.0. The Kier molecular flexibility index (Phi) is 8.42. The van der Waals surface area contributed by atoms with Crippen molar-refractivity contribution in [3.05, 3.63) is 59.2 Å². The highest BCUT2D eigenvalue weighted by atomic mass is 32.2. The van der Waals surface area contributed by atoms with Crippen molar-refractivity contribution >= 4 is 27.9 Å². The number of nitrogens with zero attached hydrogens (tertiary/aromatic N) is 3. The first-order valence-electron chi connectivity index (χ1n) is 11.7. The van der Waals surface area contributed by atoms with Gasteiger partial charge in [0.1, 0.15) is 35.0 Å². The number of ketones is 1. The number of halogens is 1. The molecule has 1 atom stereocenters. The van der Waals surface area contributed by atoms with E-state index in [2.05, 4.69) is 15.3 Å². The fourth-order valence-corrected chi connectivity index (χ4v) is 5.20. The van der Waals surface area contributed by atoms with Gasteiger partial charge in [-0.2, -0.15) is 0 Å². The third kappa shape index (κ3) is 7.04. The molecule has 0 radical (unpaired) electrons. The van der Waals surface area contributed by atoms with Crippen LogP contribution in [0.2, 0.25) is 0 Å². The van der Waals surface area contributed by atoms with Crippen LogP contribution in [0.5, 0.6) is 5.75 Å². The first-order chi connectivity index (χ1) is 17.6. The molecule has 1 aliphatic rings. The average Bonchev–Trinajstić information content (AvgIpc) is 2.81. The number of alkyl carbamates (subject to hydrolysis) is 1. The lowest BCUT2D eigenvalue weighted by molar-refractivity contribution is 0.0558. The van der Waals surface area contributed by atoms with E-state index in [9.17, 15) is 18.0 Å². The number of aliphatic imine (C=N–C) groups is 1. The van der Waals surface area contributed by atoms with E-state index in [1.165, 1.54) is 38.4 Å². The van der Waals surface area contributed by atoms with Crippen LogP contribution >= 0.6 is 0 Å². The number of pyridine rings is 1. The highest BCUT2D eigenvalue weighted by molar-refractivity contribution is 7.89.